The van der Waals surface area contributed by atoms with Gasteiger partial charge in [-0.05, 0) is 19.8 Å². The number of aryl methyl sites for hydroxylation is 1. The first-order chi connectivity index (χ1) is 6.29. The summed E-state index contributed by atoms with van der Waals surface area (Å²) < 4.78 is 0. The maximum atomic E-state index is 5.47. The molecule has 13 heavy (non-hydrogen) atoms. The third-order valence-electron chi connectivity index (χ3n) is 1.96. The number of rotatable bonds is 5. The molecule has 3 nitrogen and oxygen atoms in total. The van der Waals surface area contributed by atoms with E-state index < -0.39 is 0 Å². The molecule has 1 heterocycles. The van der Waals surface area contributed by atoms with Gasteiger partial charge in [0.1, 0.15) is 0 Å². The lowest BCUT2D eigenvalue weighted by atomic mass is 10.1. The van der Waals surface area contributed by atoms with Crippen molar-refractivity contribution in [3.05, 3.63) is 28.7 Å². The van der Waals surface area contributed by atoms with Crippen molar-refractivity contribution < 1.29 is 0 Å². The molecule has 0 fully saturated rings. The maximum absolute atomic E-state index is 5.47. The Balaban J connectivity index is 2.66. The van der Waals surface area contributed by atoms with Crippen LogP contribution in [0.1, 0.15) is 29.5 Å². The molecular weight excluding hydrogens is 182 g/mol. The van der Waals surface area contributed by atoms with Crippen LogP contribution in [0.15, 0.2) is 18.2 Å². The molecule has 0 saturated heterocycles. The van der Waals surface area contributed by atoms with Gasteiger partial charge in [0, 0.05) is 4.88 Å². The van der Waals surface area contributed by atoms with Crippen LogP contribution in [0.4, 0.5) is 0 Å². The Kier molecular flexibility index (Phi) is 4.08. The molecular formula is C9H15N3S. The van der Waals surface area contributed by atoms with Crippen LogP contribution in [0.3, 0.4) is 0 Å². The normalized spacial score (nSPS) is 12.8. The zero-order valence-electron chi connectivity index (χ0n) is 7.79. The molecule has 0 aliphatic carbocycles. The number of nitrogens with one attached hydrogen (secondary N) is 1. The SMILES string of the molecule is C=CCCC(NN)c1scnc1C. The summed E-state index contributed by atoms with van der Waals surface area (Å²) in [5.74, 6) is 5.47. The fraction of sp³-hybridized carbons (Fsp3) is 0.444. The van der Waals surface area contributed by atoms with Crippen molar-refractivity contribution in [2.24, 2.45) is 5.84 Å². The second-order valence-corrected chi connectivity index (χ2v) is 3.77. The summed E-state index contributed by atoms with van der Waals surface area (Å²) in [6, 6.07) is 0.213. The highest BCUT2D eigenvalue weighted by Crippen LogP contribution is 2.24. The van der Waals surface area contributed by atoms with Gasteiger partial charge < -0.3 is 0 Å². The Bertz CT molecular complexity index is 270. The topological polar surface area (TPSA) is 50.9 Å². The van der Waals surface area contributed by atoms with Crippen LogP contribution in [-0.2, 0) is 0 Å². The quantitative estimate of drug-likeness (QED) is 0.431. The number of aromatic nitrogens is 1. The molecule has 0 bridgehead atoms. The summed E-state index contributed by atoms with van der Waals surface area (Å²) in [5.41, 5.74) is 5.72. The molecule has 0 spiro atoms. The number of hydrogen-bond donors (Lipinski definition) is 2. The first-order valence-corrected chi connectivity index (χ1v) is 5.14. The molecule has 72 valence electrons. The lowest BCUT2D eigenvalue weighted by Crippen LogP contribution is -2.27. The Morgan fingerprint density at radius 3 is 3.08 bits per heavy atom. The first kappa shape index (κ1) is 10.4. The maximum Gasteiger partial charge on any atom is 0.0798 e. The van der Waals surface area contributed by atoms with Crippen LogP contribution in [0.25, 0.3) is 0 Å². The molecule has 0 aromatic carbocycles. The molecule has 0 amide bonds. The molecule has 0 aliphatic rings. The molecule has 0 aliphatic heterocycles. The Hall–Kier alpha value is -0.710. The molecule has 0 saturated carbocycles. The molecule has 1 unspecified atom stereocenters. The van der Waals surface area contributed by atoms with E-state index in [1.807, 2.05) is 18.5 Å². The van der Waals surface area contributed by atoms with E-state index >= 15 is 0 Å². The van der Waals surface area contributed by atoms with Crippen LogP contribution in [0.5, 0.6) is 0 Å². The Morgan fingerprint density at radius 2 is 2.62 bits per heavy atom. The van der Waals surface area contributed by atoms with E-state index in [-0.39, 0.29) is 6.04 Å². The highest BCUT2D eigenvalue weighted by Gasteiger charge is 2.13. The van der Waals surface area contributed by atoms with E-state index in [2.05, 4.69) is 17.0 Å². The van der Waals surface area contributed by atoms with Gasteiger partial charge in [0.15, 0.2) is 0 Å². The lowest BCUT2D eigenvalue weighted by Gasteiger charge is -2.13. The van der Waals surface area contributed by atoms with E-state index in [4.69, 9.17) is 5.84 Å². The van der Waals surface area contributed by atoms with Gasteiger partial charge in [-0.15, -0.1) is 17.9 Å². The molecule has 1 rings (SSSR count). The second kappa shape index (κ2) is 5.11. The summed E-state index contributed by atoms with van der Waals surface area (Å²) in [4.78, 5) is 5.42. The molecule has 1 aromatic heterocycles. The molecule has 4 heteroatoms. The van der Waals surface area contributed by atoms with Gasteiger partial charge in [-0.25, -0.2) is 4.98 Å². The predicted molar refractivity (Wildman–Crippen MR) is 56.3 cm³/mol. The number of hydrazine groups is 1. The zero-order chi connectivity index (χ0) is 9.68. The monoisotopic (exact) mass is 197 g/mol. The standard InChI is InChI=1S/C9H15N3S/c1-3-4-5-8(12-10)9-7(2)11-6-13-9/h3,6,8,12H,1,4-5,10H2,2H3. The van der Waals surface area contributed by atoms with E-state index in [0.717, 1.165) is 18.5 Å². The third kappa shape index (κ3) is 2.62. The first-order valence-electron chi connectivity index (χ1n) is 4.26. The van der Waals surface area contributed by atoms with Crippen molar-refractivity contribution in [2.75, 3.05) is 0 Å². The highest BCUT2D eigenvalue weighted by atomic mass is 32.1. The molecule has 0 radical (unpaired) electrons. The van der Waals surface area contributed by atoms with Gasteiger partial charge in [0.2, 0.25) is 0 Å². The molecule has 1 aromatic rings. The van der Waals surface area contributed by atoms with Crippen molar-refractivity contribution in [3.63, 3.8) is 0 Å². The molecule has 1 atom stereocenters. The fourth-order valence-corrected chi connectivity index (χ4v) is 2.12. The van der Waals surface area contributed by atoms with Gasteiger partial charge in [0.25, 0.3) is 0 Å². The highest BCUT2D eigenvalue weighted by molar-refractivity contribution is 7.09. The van der Waals surface area contributed by atoms with Gasteiger partial charge >= 0.3 is 0 Å². The van der Waals surface area contributed by atoms with E-state index in [9.17, 15) is 0 Å². The average Bonchev–Trinajstić information content (AvgIpc) is 2.54. The van der Waals surface area contributed by atoms with Crippen molar-refractivity contribution in [3.8, 4) is 0 Å². The molecule has 3 N–H and O–H groups in total. The number of allylic oxidation sites excluding steroid dienone is 1. The zero-order valence-corrected chi connectivity index (χ0v) is 8.60. The number of nitrogens with two attached hydrogens (primary N) is 1. The summed E-state index contributed by atoms with van der Waals surface area (Å²) in [6.07, 6.45) is 3.84. The van der Waals surface area contributed by atoms with Gasteiger partial charge in [-0.3, -0.25) is 11.3 Å². The number of thiazole rings is 1. The summed E-state index contributed by atoms with van der Waals surface area (Å²) in [5, 5.41) is 0. The lowest BCUT2D eigenvalue weighted by molar-refractivity contribution is 0.525. The van der Waals surface area contributed by atoms with Gasteiger partial charge in [-0.2, -0.15) is 0 Å². The minimum Gasteiger partial charge on any atom is -0.271 e. The number of hydrogen-bond acceptors (Lipinski definition) is 4. The average molecular weight is 197 g/mol. The van der Waals surface area contributed by atoms with Crippen LogP contribution in [-0.4, -0.2) is 4.98 Å². The largest absolute Gasteiger partial charge is 0.271 e. The summed E-state index contributed by atoms with van der Waals surface area (Å²) in [7, 11) is 0. The van der Waals surface area contributed by atoms with E-state index in [1.165, 1.54) is 4.88 Å². The predicted octanol–water partition coefficient (Wildman–Crippen LogP) is 1.92. The van der Waals surface area contributed by atoms with Crippen molar-refractivity contribution in [2.45, 2.75) is 25.8 Å². The van der Waals surface area contributed by atoms with Crippen molar-refractivity contribution >= 4 is 11.3 Å². The summed E-state index contributed by atoms with van der Waals surface area (Å²) in [6.45, 7) is 5.69. The van der Waals surface area contributed by atoms with Crippen LogP contribution >= 0.6 is 11.3 Å². The smallest absolute Gasteiger partial charge is 0.0798 e. The summed E-state index contributed by atoms with van der Waals surface area (Å²) >= 11 is 1.64. The van der Waals surface area contributed by atoms with Gasteiger partial charge in [0.05, 0.1) is 17.2 Å². The van der Waals surface area contributed by atoms with Gasteiger partial charge in [-0.1, -0.05) is 6.08 Å². The van der Waals surface area contributed by atoms with Crippen molar-refractivity contribution in [1.29, 1.82) is 0 Å². The minimum atomic E-state index is 0.213. The third-order valence-corrected chi connectivity index (χ3v) is 3.00. The van der Waals surface area contributed by atoms with Crippen LogP contribution in [0.2, 0.25) is 0 Å². The fourth-order valence-electron chi connectivity index (χ4n) is 1.22. The second-order valence-electron chi connectivity index (χ2n) is 2.89. The Morgan fingerprint density at radius 1 is 1.85 bits per heavy atom. The van der Waals surface area contributed by atoms with E-state index in [1.54, 1.807) is 11.3 Å². The van der Waals surface area contributed by atoms with Crippen molar-refractivity contribution in [1.82, 2.24) is 10.4 Å². The number of nitrogens with zero attached hydrogens (tertiary/aromatic N) is 1. The van der Waals surface area contributed by atoms with Crippen LogP contribution in [0, 0.1) is 6.92 Å². The minimum absolute atomic E-state index is 0.213. The van der Waals surface area contributed by atoms with E-state index in [0.29, 0.717) is 0 Å². The Labute approximate surface area is 82.7 Å². The van der Waals surface area contributed by atoms with Crippen LogP contribution < -0.4 is 11.3 Å².